The number of piperidine rings is 1. The molecule has 3 amide bonds. The van der Waals surface area contributed by atoms with Gasteiger partial charge in [0.15, 0.2) is 0 Å². The lowest BCUT2D eigenvalue weighted by atomic mass is 9.95. The summed E-state index contributed by atoms with van der Waals surface area (Å²) in [6.07, 6.45) is 2.64. The summed E-state index contributed by atoms with van der Waals surface area (Å²) in [6, 6.07) is 10.1. The van der Waals surface area contributed by atoms with Crippen molar-refractivity contribution in [1.82, 2.24) is 20.0 Å². The monoisotopic (exact) mass is 372 g/mol. The molecule has 0 spiro atoms. The highest BCUT2D eigenvalue weighted by Crippen LogP contribution is 2.24. The zero-order chi connectivity index (χ0) is 19.2. The van der Waals surface area contributed by atoms with Gasteiger partial charge in [-0.1, -0.05) is 30.3 Å². The molecule has 1 unspecified atom stereocenters. The predicted octanol–water partition coefficient (Wildman–Crippen LogP) is 2.02. The summed E-state index contributed by atoms with van der Waals surface area (Å²) in [6.45, 7) is 4.68. The summed E-state index contributed by atoms with van der Waals surface area (Å²) in [5.41, 5.74) is 1.13. The Balaban J connectivity index is 1.45. The van der Waals surface area contributed by atoms with Gasteiger partial charge >= 0.3 is 6.03 Å². The van der Waals surface area contributed by atoms with Crippen molar-refractivity contribution in [2.45, 2.75) is 25.8 Å². The molecule has 148 valence electrons. The van der Waals surface area contributed by atoms with E-state index < -0.39 is 0 Å². The third kappa shape index (κ3) is 5.01. The molecule has 2 aliphatic heterocycles. The van der Waals surface area contributed by atoms with Crippen molar-refractivity contribution in [3.05, 3.63) is 35.9 Å². The van der Waals surface area contributed by atoms with Crippen LogP contribution >= 0.6 is 0 Å². The number of hydrogen-bond donors (Lipinski definition) is 1. The Kier molecular flexibility index (Phi) is 6.72. The minimum Gasteiger partial charge on any atom is -0.342 e. The van der Waals surface area contributed by atoms with Crippen LogP contribution in [0.1, 0.15) is 24.8 Å². The molecular formula is C21H32N4O2. The maximum absolute atomic E-state index is 12.8. The van der Waals surface area contributed by atoms with Crippen LogP contribution in [-0.4, -0.2) is 73.5 Å². The van der Waals surface area contributed by atoms with Crippen molar-refractivity contribution in [3.63, 3.8) is 0 Å². The van der Waals surface area contributed by atoms with Gasteiger partial charge in [-0.05, 0) is 44.3 Å². The van der Waals surface area contributed by atoms with Gasteiger partial charge in [-0.25, -0.2) is 4.79 Å². The largest absolute Gasteiger partial charge is 0.342 e. The second kappa shape index (κ2) is 9.22. The van der Waals surface area contributed by atoms with Gasteiger partial charge in [-0.2, -0.15) is 0 Å². The molecule has 1 atom stereocenters. The topological polar surface area (TPSA) is 55.9 Å². The predicted molar refractivity (Wildman–Crippen MR) is 106 cm³/mol. The third-order valence-electron chi connectivity index (χ3n) is 5.79. The molecule has 0 saturated carbocycles. The van der Waals surface area contributed by atoms with E-state index in [-0.39, 0.29) is 11.9 Å². The SMILES string of the molecule is CNCC1CCN(C(=O)C2CCN(C(=O)N(C)Cc3ccccc3)CC2)C1. The Morgan fingerprint density at radius 1 is 1.07 bits per heavy atom. The number of carbonyl (C=O) groups excluding carboxylic acids is 2. The van der Waals surface area contributed by atoms with E-state index in [1.807, 2.05) is 54.2 Å². The molecule has 6 heteroatoms. The fourth-order valence-electron chi connectivity index (χ4n) is 4.23. The molecule has 6 nitrogen and oxygen atoms in total. The zero-order valence-electron chi connectivity index (χ0n) is 16.6. The number of rotatable bonds is 5. The summed E-state index contributed by atoms with van der Waals surface area (Å²) in [5.74, 6) is 0.937. The molecular weight excluding hydrogens is 340 g/mol. The minimum atomic E-state index is 0.0556. The van der Waals surface area contributed by atoms with Crippen LogP contribution in [0.2, 0.25) is 0 Å². The molecule has 2 fully saturated rings. The smallest absolute Gasteiger partial charge is 0.320 e. The molecule has 0 bridgehead atoms. The van der Waals surface area contributed by atoms with Gasteiger partial charge in [0, 0.05) is 45.7 Å². The molecule has 0 aromatic heterocycles. The summed E-state index contributed by atoms with van der Waals surface area (Å²) in [5, 5.41) is 3.21. The van der Waals surface area contributed by atoms with Gasteiger partial charge in [-0.15, -0.1) is 0 Å². The average Bonchev–Trinajstić information content (AvgIpc) is 3.16. The highest BCUT2D eigenvalue weighted by molar-refractivity contribution is 5.80. The number of benzene rings is 1. The second-order valence-corrected chi connectivity index (χ2v) is 7.88. The summed E-state index contributed by atoms with van der Waals surface area (Å²) >= 11 is 0. The fourth-order valence-corrected chi connectivity index (χ4v) is 4.23. The van der Waals surface area contributed by atoms with Gasteiger partial charge in [0.1, 0.15) is 0 Å². The Bertz CT molecular complexity index is 628. The lowest BCUT2D eigenvalue weighted by molar-refractivity contribution is -0.135. The number of nitrogens with one attached hydrogen (secondary N) is 1. The molecule has 2 heterocycles. The van der Waals surface area contributed by atoms with E-state index in [9.17, 15) is 9.59 Å². The summed E-state index contributed by atoms with van der Waals surface area (Å²) < 4.78 is 0. The average molecular weight is 373 g/mol. The first-order valence-electron chi connectivity index (χ1n) is 10.1. The molecule has 3 rings (SSSR count). The van der Waals surface area contributed by atoms with Crippen molar-refractivity contribution in [2.24, 2.45) is 11.8 Å². The normalized spacial score (nSPS) is 20.7. The number of carbonyl (C=O) groups is 2. The van der Waals surface area contributed by atoms with Gasteiger partial charge in [-0.3, -0.25) is 4.79 Å². The van der Waals surface area contributed by atoms with Crippen LogP contribution in [0, 0.1) is 11.8 Å². The molecule has 2 saturated heterocycles. The number of urea groups is 1. The van der Waals surface area contributed by atoms with Crippen LogP contribution in [0.5, 0.6) is 0 Å². The van der Waals surface area contributed by atoms with Crippen molar-refractivity contribution in [3.8, 4) is 0 Å². The first-order valence-corrected chi connectivity index (χ1v) is 10.1. The van der Waals surface area contributed by atoms with Gasteiger partial charge in [0.05, 0.1) is 0 Å². The minimum absolute atomic E-state index is 0.0556. The molecule has 27 heavy (non-hydrogen) atoms. The van der Waals surface area contributed by atoms with Gasteiger partial charge in [0.25, 0.3) is 0 Å². The first-order chi connectivity index (χ1) is 13.1. The van der Waals surface area contributed by atoms with Crippen molar-refractivity contribution in [1.29, 1.82) is 0 Å². The highest BCUT2D eigenvalue weighted by atomic mass is 16.2. The number of likely N-dealkylation sites (tertiary alicyclic amines) is 2. The van der Waals surface area contributed by atoms with E-state index in [1.165, 1.54) is 0 Å². The fraction of sp³-hybridized carbons (Fsp3) is 0.619. The van der Waals surface area contributed by atoms with Crippen LogP contribution in [0.3, 0.4) is 0 Å². The van der Waals surface area contributed by atoms with Crippen LogP contribution in [-0.2, 0) is 11.3 Å². The molecule has 0 aliphatic carbocycles. The lowest BCUT2D eigenvalue weighted by Crippen LogP contribution is -2.47. The second-order valence-electron chi connectivity index (χ2n) is 7.88. The molecule has 1 aromatic rings. The Labute approximate surface area is 162 Å². The number of amides is 3. The number of nitrogens with zero attached hydrogens (tertiary/aromatic N) is 3. The van der Waals surface area contributed by atoms with Crippen LogP contribution in [0.4, 0.5) is 4.79 Å². The van der Waals surface area contributed by atoms with Crippen molar-refractivity contribution in [2.75, 3.05) is 46.8 Å². The van der Waals surface area contributed by atoms with E-state index in [0.29, 0.717) is 31.5 Å². The van der Waals surface area contributed by atoms with Crippen LogP contribution in [0.15, 0.2) is 30.3 Å². The highest BCUT2D eigenvalue weighted by Gasteiger charge is 2.34. The van der Waals surface area contributed by atoms with Crippen LogP contribution < -0.4 is 5.32 Å². The van der Waals surface area contributed by atoms with Gasteiger partial charge < -0.3 is 20.0 Å². The van der Waals surface area contributed by atoms with E-state index >= 15 is 0 Å². The molecule has 0 radical (unpaired) electrons. The quantitative estimate of drug-likeness (QED) is 0.860. The van der Waals surface area contributed by atoms with Crippen molar-refractivity contribution < 1.29 is 9.59 Å². The lowest BCUT2D eigenvalue weighted by Gasteiger charge is -2.35. The van der Waals surface area contributed by atoms with Crippen LogP contribution in [0.25, 0.3) is 0 Å². The van der Waals surface area contributed by atoms with E-state index in [2.05, 4.69) is 5.32 Å². The number of hydrogen-bond acceptors (Lipinski definition) is 3. The van der Waals surface area contributed by atoms with E-state index in [1.54, 1.807) is 4.90 Å². The van der Waals surface area contributed by atoms with Crippen molar-refractivity contribution >= 4 is 11.9 Å². The molecule has 1 N–H and O–H groups in total. The third-order valence-corrected chi connectivity index (χ3v) is 5.79. The van der Waals surface area contributed by atoms with E-state index in [4.69, 9.17) is 0 Å². The Morgan fingerprint density at radius 3 is 2.41 bits per heavy atom. The maximum atomic E-state index is 12.8. The molecule has 1 aromatic carbocycles. The summed E-state index contributed by atoms with van der Waals surface area (Å²) in [4.78, 5) is 31.2. The first kappa shape index (κ1) is 19.7. The maximum Gasteiger partial charge on any atom is 0.320 e. The van der Waals surface area contributed by atoms with E-state index in [0.717, 1.165) is 44.5 Å². The standard InChI is InChI=1S/C21H32N4O2/c1-22-14-18-8-11-25(16-18)20(26)19-9-12-24(13-10-19)21(27)23(2)15-17-6-4-3-5-7-17/h3-7,18-19,22H,8-16H2,1-2H3. The molecule has 2 aliphatic rings. The Morgan fingerprint density at radius 2 is 1.74 bits per heavy atom. The Hall–Kier alpha value is -2.08. The zero-order valence-corrected chi connectivity index (χ0v) is 16.6. The summed E-state index contributed by atoms with van der Waals surface area (Å²) in [7, 11) is 3.81. The van der Waals surface area contributed by atoms with Gasteiger partial charge in [0.2, 0.25) is 5.91 Å².